The molecule has 1 aromatic rings. The van der Waals surface area contributed by atoms with Crippen LogP contribution in [-0.4, -0.2) is 29.3 Å². The van der Waals surface area contributed by atoms with Gasteiger partial charge in [-0.2, -0.15) is 0 Å². The zero-order valence-electron chi connectivity index (χ0n) is 11.4. The smallest absolute Gasteiger partial charge is 0.269 e. The van der Waals surface area contributed by atoms with Crippen LogP contribution in [-0.2, 0) is 4.79 Å². The summed E-state index contributed by atoms with van der Waals surface area (Å²) in [6.07, 6.45) is 0.814. The molecule has 0 saturated carbocycles. The van der Waals surface area contributed by atoms with E-state index in [9.17, 15) is 19.7 Å². The quantitative estimate of drug-likeness (QED) is 0.604. The molecular weight excluding hydrogens is 262 g/mol. The Morgan fingerprint density at radius 2 is 1.90 bits per heavy atom. The molecule has 7 nitrogen and oxygen atoms in total. The van der Waals surface area contributed by atoms with Crippen molar-refractivity contribution in [3.63, 3.8) is 0 Å². The molecule has 0 radical (unpaired) electrons. The molecule has 2 amide bonds. The Labute approximate surface area is 116 Å². The van der Waals surface area contributed by atoms with Crippen molar-refractivity contribution in [2.75, 3.05) is 6.54 Å². The normalized spacial score (nSPS) is 11.5. The van der Waals surface area contributed by atoms with Crippen molar-refractivity contribution in [1.29, 1.82) is 0 Å². The zero-order chi connectivity index (χ0) is 15.1. The van der Waals surface area contributed by atoms with E-state index < -0.39 is 16.9 Å². The minimum absolute atomic E-state index is 0.0877. The van der Waals surface area contributed by atoms with E-state index in [4.69, 9.17) is 0 Å². The number of benzene rings is 1. The first-order valence-electron chi connectivity index (χ1n) is 6.28. The first kappa shape index (κ1) is 15.6. The SMILES string of the molecule is CCCNC(=O)C(C)NC(=O)c1ccc([N+](=O)[O-])cc1. The molecule has 1 aromatic carbocycles. The minimum Gasteiger partial charge on any atom is -0.354 e. The number of carbonyl (C=O) groups is 2. The van der Waals surface area contributed by atoms with Crippen molar-refractivity contribution in [2.24, 2.45) is 0 Å². The molecule has 0 bridgehead atoms. The summed E-state index contributed by atoms with van der Waals surface area (Å²) in [6.45, 7) is 4.06. The zero-order valence-corrected chi connectivity index (χ0v) is 11.4. The molecule has 0 aromatic heterocycles. The summed E-state index contributed by atoms with van der Waals surface area (Å²) in [5, 5.41) is 15.7. The highest BCUT2D eigenvalue weighted by atomic mass is 16.6. The average Bonchev–Trinajstić information content (AvgIpc) is 2.44. The van der Waals surface area contributed by atoms with Gasteiger partial charge in [-0.15, -0.1) is 0 Å². The summed E-state index contributed by atoms with van der Waals surface area (Å²) in [6, 6.07) is 4.53. The summed E-state index contributed by atoms with van der Waals surface area (Å²) in [4.78, 5) is 33.4. The van der Waals surface area contributed by atoms with Gasteiger partial charge in [0.25, 0.3) is 11.6 Å². The van der Waals surface area contributed by atoms with Gasteiger partial charge in [0.05, 0.1) is 4.92 Å². The van der Waals surface area contributed by atoms with E-state index in [-0.39, 0.29) is 17.2 Å². The summed E-state index contributed by atoms with van der Waals surface area (Å²) in [7, 11) is 0. The number of nitro benzene ring substituents is 1. The molecule has 7 heteroatoms. The van der Waals surface area contributed by atoms with E-state index in [0.717, 1.165) is 6.42 Å². The van der Waals surface area contributed by atoms with Gasteiger partial charge in [-0.05, 0) is 25.5 Å². The van der Waals surface area contributed by atoms with E-state index in [2.05, 4.69) is 10.6 Å². The van der Waals surface area contributed by atoms with Gasteiger partial charge < -0.3 is 10.6 Å². The van der Waals surface area contributed by atoms with E-state index in [0.29, 0.717) is 6.54 Å². The molecule has 2 N–H and O–H groups in total. The molecular formula is C13H17N3O4. The summed E-state index contributed by atoms with van der Waals surface area (Å²) in [5.74, 6) is -0.707. The Morgan fingerprint density at radius 1 is 1.30 bits per heavy atom. The lowest BCUT2D eigenvalue weighted by molar-refractivity contribution is -0.384. The predicted octanol–water partition coefficient (Wildman–Crippen LogP) is 1.24. The molecule has 1 unspecified atom stereocenters. The van der Waals surface area contributed by atoms with Crippen molar-refractivity contribution in [3.05, 3.63) is 39.9 Å². The lowest BCUT2D eigenvalue weighted by Crippen LogP contribution is -2.44. The molecule has 1 rings (SSSR count). The first-order chi connectivity index (χ1) is 9.45. The monoisotopic (exact) mass is 279 g/mol. The topological polar surface area (TPSA) is 101 Å². The van der Waals surface area contributed by atoms with Crippen molar-refractivity contribution < 1.29 is 14.5 Å². The molecule has 0 aliphatic rings. The van der Waals surface area contributed by atoms with E-state index >= 15 is 0 Å². The Kier molecular flexibility index (Phi) is 5.64. The summed E-state index contributed by atoms with van der Waals surface area (Å²) >= 11 is 0. The highest BCUT2D eigenvalue weighted by molar-refractivity contribution is 5.97. The molecule has 20 heavy (non-hydrogen) atoms. The van der Waals surface area contributed by atoms with Crippen LogP contribution in [0, 0.1) is 10.1 Å². The van der Waals surface area contributed by atoms with Crippen molar-refractivity contribution >= 4 is 17.5 Å². The van der Waals surface area contributed by atoms with E-state index in [1.165, 1.54) is 24.3 Å². The molecule has 1 atom stereocenters. The van der Waals surface area contributed by atoms with Gasteiger partial charge in [-0.25, -0.2) is 0 Å². The third kappa shape index (κ3) is 4.34. The maximum Gasteiger partial charge on any atom is 0.269 e. The maximum absolute atomic E-state index is 11.9. The second-order valence-electron chi connectivity index (χ2n) is 4.29. The summed E-state index contributed by atoms with van der Waals surface area (Å²) < 4.78 is 0. The lowest BCUT2D eigenvalue weighted by Gasteiger charge is -2.13. The first-order valence-corrected chi connectivity index (χ1v) is 6.28. The number of rotatable bonds is 6. The van der Waals surface area contributed by atoms with Gasteiger partial charge in [-0.1, -0.05) is 6.92 Å². The van der Waals surface area contributed by atoms with Gasteiger partial charge in [0.2, 0.25) is 5.91 Å². The number of hydrogen-bond acceptors (Lipinski definition) is 4. The van der Waals surface area contributed by atoms with Crippen LogP contribution in [0.25, 0.3) is 0 Å². The van der Waals surface area contributed by atoms with Gasteiger partial charge >= 0.3 is 0 Å². The van der Waals surface area contributed by atoms with Crippen LogP contribution in [0.1, 0.15) is 30.6 Å². The van der Waals surface area contributed by atoms with Gasteiger partial charge in [0, 0.05) is 24.2 Å². The number of nitrogens with zero attached hydrogens (tertiary/aromatic N) is 1. The fourth-order valence-corrected chi connectivity index (χ4v) is 1.48. The standard InChI is InChI=1S/C13H17N3O4/c1-3-8-14-12(17)9(2)15-13(18)10-4-6-11(7-5-10)16(19)20/h4-7,9H,3,8H2,1-2H3,(H,14,17)(H,15,18). The lowest BCUT2D eigenvalue weighted by atomic mass is 10.2. The van der Waals surface area contributed by atoms with E-state index in [1.54, 1.807) is 6.92 Å². The van der Waals surface area contributed by atoms with Crippen LogP contribution in [0.15, 0.2) is 24.3 Å². The maximum atomic E-state index is 11.9. The van der Waals surface area contributed by atoms with E-state index in [1.807, 2.05) is 6.92 Å². The third-order valence-corrected chi connectivity index (χ3v) is 2.63. The van der Waals surface area contributed by atoms with Gasteiger partial charge in [0.1, 0.15) is 6.04 Å². The van der Waals surface area contributed by atoms with Crippen LogP contribution in [0.3, 0.4) is 0 Å². The molecule has 0 aliphatic heterocycles. The largest absolute Gasteiger partial charge is 0.354 e. The van der Waals surface area contributed by atoms with Crippen LogP contribution < -0.4 is 10.6 Å². The molecule has 0 heterocycles. The Balaban J connectivity index is 2.62. The second kappa shape index (κ2) is 7.22. The minimum atomic E-state index is -0.663. The molecule has 108 valence electrons. The Morgan fingerprint density at radius 3 is 2.40 bits per heavy atom. The molecule has 0 saturated heterocycles. The van der Waals surface area contributed by atoms with Crippen LogP contribution in [0.4, 0.5) is 5.69 Å². The average molecular weight is 279 g/mol. The van der Waals surface area contributed by atoms with Gasteiger partial charge in [-0.3, -0.25) is 19.7 Å². The fraction of sp³-hybridized carbons (Fsp3) is 0.385. The van der Waals surface area contributed by atoms with Crippen LogP contribution >= 0.6 is 0 Å². The number of hydrogen-bond donors (Lipinski definition) is 2. The number of nitrogens with one attached hydrogen (secondary N) is 2. The van der Waals surface area contributed by atoms with Crippen molar-refractivity contribution in [2.45, 2.75) is 26.3 Å². The molecule has 0 spiro atoms. The fourth-order valence-electron chi connectivity index (χ4n) is 1.48. The second-order valence-corrected chi connectivity index (χ2v) is 4.29. The number of amides is 2. The predicted molar refractivity (Wildman–Crippen MR) is 73.3 cm³/mol. The molecule has 0 aliphatic carbocycles. The Hall–Kier alpha value is -2.44. The van der Waals surface area contributed by atoms with Crippen molar-refractivity contribution in [3.8, 4) is 0 Å². The number of non-ortho nitro benzene ring substituents is 1. The van der Waals surface area contributed by atoms with Crippen LogP contribution in [0.5, 0.6) is 0 Å². The molecule has 0 fully saturated rings. The number of nitro groups is 1. The summed E-state index contributed by atoms with van der Waals surface area (Å²) in [5.41, 5.74) is 0.182. The highest BCUT2D eigenvalue weighted by Gasteiger charge is 2.16. The highest BCUT2D eigenvalue weighted by Crippen LogP contribution is 2.11. The number of carbonyl (C=O) groups excluding carboxylic acids is 2. The Bertz CT molecular complexity index is 499. The van der Waals surface area contributed by atoms with Crippen molar-refractivity contribution in [1.82, 2.24) is 10.6 Å². The van der Waals surface area contributed by atoms with Gasteiger partial charge in [0.15, 0.2) is 0 Å². The van der Waals surface area contributed by atoms with Crippen LogP contribution in [0.2, 0.25) is 0 Å². The third-order valence-electron chi connectivity index (χ3n) is 2.63.